The van der Waals surface area contributed by atoms with E-state index in [0.29, 0.717) is 0 Å². The molecule has 0 bridgehead atoms. The summed E-state index contributed by atoms with van der Waals surface area (Å²) in [7, 11) is 0. The molecule has 2 aromatic heterocycles. The van der Waals surface area contributed by atoms with Gasteiger partial charge in [0.15, 0.2) is 12.4 Å². The predicted octanol–water partition coefficient (Wildman–Crippen LogP) is 1.000. The molecule has 2 aromatic rings. The van der Waals surface area contributed by atoms with Gasteiger partial charge in [0.2, 0.25) is 11.6 Å². The highest BCUT2D eigenvalue weighted by atomic mass is 16.5. The van der Waals surface area contributed by atoms with Crippen LogP contribution in [-0.4, -0.2) is 40.2 Å². The third-order valence-electron chi connectivity index (χ3n) is 3.32. The van der Waals surface area contributed by atoms with E-state index in [1.807, 2.05) is 0 Å². The molecule has 0 saturated carbocycles. The van der Waals surface area contributed by atoms with Crippen LogP contribution in [0.4, 0.5) is 0 Å². The van der Waals surface area contributed by atoms with Crippen LogP contribution in [0.3, 0.4) is 0 Å². The fourth-order valence-electron chi connectivity index (χ4n) is 2.38. The molecule has 1 aliphatic carbocycles. The van der Waals surface area contributed by atoms with Crippen LogP contribution >= 0.6 is 0 Å². The fraction of sp³-hybridized carbons (Fsp3) is 0.133. The smallest absolute Gasteiger partial charge is 0.343 e. The third-order valence-corrected chi connectivity index (χ3v) is 3.32. The summed E-state index contributed by atoms with van der Waals surface area (Å²) in [5.74, 6) is -3.87. The largest absolute Gasteiger partial charge is 0.479 e. The fourth-order valence-corrected chi connectivity index (χ4v) is 2.38. The highest BCUT2D eigenvalue weighted by Gasteiger charge is 2.39. The Bertz CT molecular complexity index is 878. The lowest BCUT2D eigenvalue weighted by atomic mass is 9.90. The molecule has 0 fully saturated rings. The number of pyridine rings is 1. The van der Waals surface area contributed by atoms with Crippen molar-refractivity contribution in [2.24, 2.45) is 0 Å². The summed E-state index contributed by atoms with van der Waals surface area (Å²) in [6.45, 7) is 0.517. The van der Waals surface area contributed by atoms with E-state index >= 15 is 0 Å². The molecule has 2 heterocycles. The average Bonchev–Trinajstić information content (AvgIpc) is 2.88. The summed E-state index contributed by atoms with van der Waals surface area (Å²) >= 11 is 0. The first-order chi connectivity index (χ1) is 10.9. The molecule has 116 valence electrons. The number of nitrogens with zero attached hydrogens (tertiary/aromatic N) is 1. The number of fused-ring (bicyclic) bond motifs is 2. The Morgan fingerprint density at radius 3 is 2.74 bits per heavy atom. The van der Waals surface area contributed by atoms with Crippen molar-refractivity contribution in [3.63, 3.8) is 0 Å². The summed E-state index contributed by atoms with van der Waals surface area (Å²) < 4.78 is 9.84. The van der Waals surface area contributed by atoms with Gasteiger partial charge in [-0.25, -0.2) is 9.59 Å². The van der Waals surface area contributed by atoms with Crippen LogP contribution in [0.15, 0.2) is 22.7 Å². The van der Waals surface area contributed by atoms with Gasteiger partial charge in [0.05, 0.1) is 11.1 Å². The molecular weight excluding hydrogens is 306 g/mol. The number of hydrogen-bond donors (Lipinski definition) is 1. The number of furan rings is 1. The minimum absolute atomic E-state index is 0.0000973. The summed E-state index contributed by atoms with van der Waals surface area (Å²) in [6, 6.07) is 2.94. The molecule has 1 aliphatic rings. The molecule has 23 heavy (non-hydrogen) atoms. The van der Waals surface area contributed by atoms with Crippen LogP contribution < -0.4 is 0 Å². The van der Waals surface area contributed by atoms with Crippen molar-refractivity contribution in [1.82, 2.24) is 4.98 Å². The zero-order valence-electron chi connectivity index (χ0n) is 11.8. The topological polar surface area (TPSA) is 124 Å². The summed E-state index contributed by atoms with van der Waals surface area (Å²) in [6.07, 6.45) is 1.35. The standard InChI is InChI=1S/C15H9NO7/c1-6-9(15(21)22-5-8(17)18)10-13(20)11-7(3-2-4-16-11)12(19)14(10)23-6/h2-4H,5H2,1H3,(H,17,18). The molecule has 0 unspecified atom stereocenters. The van der Waals surface area contributed by atoms with Gasteiger partial charge in [-0.1, -0.05) is 0 Å². The van der Waals surface area contributed by atoms with Gasteiger partial charge in [0, 0.05) is 6.20 Å². The summed E-state index contributed by atoms with van der Waals surface area (Å²) in [4.78, 5) is 51.3. The van der Waals surface area contributed by atoms with Crippen LogP contribution in [0.25, 0.3) is 0 Å². The number of carbonyl (C=O) groups is 4. The van der Waals surface area contributed by atoms with Crippen LogP contribution in [0.5, 0.6) is 0 Å². The zero-order valence-corrected chi connectivity index (χ0v) is 11.8. The van der Waals surface area contributed by atoms with E-state index in [4.69, 9.17) is 9.52 Å². The Labute approximate surface area is 128 Å². The van der Waals surface area contributed by atoms with Gasteiger partial charge in [-0.2, -0.15) is 0 Å². The second-order valence-electron chi connectivity index (χ2n) is 4.77. The number of aryl methyl sites for hydroxylation is 1. The summed E-state index contributed by atoms with van der Waals surface area (Å²) in [5, 5.41) is 8.56. The molecule has 3 rings (SSSR count). The van der Waals surface area contributed by atoms with Gasteiger partial charge in [-0.15, -0.1) is 0 Å². The van der Waals surface area contributed by atoms with E-state index in [0.717, 1.165) is 0 Å². The number of carbonyl (C=O) groups excluding carboxylic acids is 3. The minimum Gasteiger partial charge on any atom is -0.479 e. The number of aromatic nitrogens is 1. The number of ether oxygens (including phenoxy) is 1. The van der Waals surface area contributed by atoms with Crippen LogP contribution in [0.2, 0.25) is 0 Å². The lowest BCUT2D eigenvalue weighted by Gasteiger charge is -2.12. The molecule has 0 saturated heterocycles. The van der Waals surface area contributed by atoms with E-state index in [-0.39, 0.29) is 33.9 Å². The Balaban J connectivity index is 2.12. The molecule has 0 amide bonds. The molecule has 0 atom stereocenters. The number of rotatable bonds is 3. The maximum Gasteiger partial charge on any atom is 0.343 e. The Morgan fingerprint density at radius 1 is 1.30 bits per heavy atom. The molecule has 8 nitrogen and oxygen atoms in total. The molecule has 0 radical (unpaired) electrons. The van der Waals surface area contributed by atoms with Crippen LogP contribution in [0.1, 0.15) is 48.3 Å². The number of carboxylic acids is 1. The van der Waals surface area contributed by atoms with Crippen molar-refractivity contribution in [2.45, 2.75) is 6.92 Å². The van der Waals surface area contributed by atoms with Crippen LogP contribution in [-0.2, 0) is 9.53 Å². The van der Waals surface area contributed by atoms with E-state index < -0.39 is 30.1 Å². The number of ketones is 2. The SMILES string of the molecule is Cc1oc2c(c1C(=O)OCC(=O)O)C(=O)c1ncccc1C2=O. The molecule has 1 N–H and O–H groups in total. The molecule has 8 heteroatoms. The highest BCUT2D eigenvalue weighted by molar-refractivity contribution is 6.29. The third kappa shape index (κ3) is 2.20. The highest BCUT2D eigenvalue weighted by Crippen LogP contribution is 2.32. The Morgan fingerprint density at radius 2 is 2.04 bits per heavy atom. The van der Waals surface area contributed by atoms with Crippen molar-refractivity contribution in [2.75, 3.05) is 6.61 Å². The molecular formula is C15H9NO7. The maximum absolute atomic E-state index is 12.5. The van der Waals surface area contributed by atoms with Crippen molar-refractivity contribution in [3.05, 3.63) is 52.2 Å². The molecule has 0 aliphatic heterocycles. The quantitative estimate of drug-likeness (QED) is 0.710. The first-order valence-electron chi connectivity index (χ1n) is 6.48. The lowest BCUT2D eigenvalue weighted by molar-refractivity contribution is -0.140. The summed E-state index contributed by atoms with van der Waals surface area (Å²) in [5.41, 5.74) is -0.493. The van der Waals surface area contributed by atoms with Crippen molar-refractivity contribution in [3.8, 4) is 0 Å². The minimum atomic E-state index is -1.34. The van der Waals surface area contributed by atoms with Crippen LogP contribution in [0, 0.1) is 6.92 Å². The number of esters is 1. The Hall–Kier alpha value is -3.29. The number of aliphatic carboxylic acids is 1. The zero-order chi connectivity index (χ0) is 16.7. The van der Waals surface area contributed by atoms with Crippen molar-refractivity contribution >= 4 is 23.5 Å². The number of hydrogen-bond acceptors (Lipinski definition) is 7. The second-order valence-corrected chi connectivity index (χ2v) is 4.77. The molecule has 0 aromatic carbocycles. The van der Waals surface area contributed by atoms with E-state index in [1.165, 1.54) is 25.3 Å². The van der Waals surface area contributed by atoms with Gasteiger partial charge in [0.25, 0.3) is 0 Å². The Kier molecular flexibility index (Phi) is 3.29. The molecule has 0 spiro atoms. The van der Waals surface area contributed by atoms with Gasteiger partial charge in [-0.05, 0) is 19.1 Å². The van der Waals surface area contributed by atoms with E-state index in [2.05, 4.69) is 9.72 Å². The van der Waals surface area contributed by atoms with Crippen molar-refractivity contribution in [1.29, 1.82) is 0 Å². The van der Waals surface area contributed by atoms with E-state index in [9.17, 15) is 19.2 Å². The van der Waals surface area contributed by atoms with Gasteiger partial charge in [-0.3, -0.25) is 14.6 Å². The van der Waals surface area contributed by atoms with Gasteiger partial charge in [0.1, 0.15) is 17.0 Å². The normalized spacial score (nSPS) is 12.6. The monoisotopic (exact) mass is 315 g/mol. The predicted molar refractivity (Wildman–Crippen MR) is 72.5 cm³/mol. The first-order valence-corrected chi connectivity index (χ1v) is 6.48. The van der Waals surface area contributed by atoms with Crippen molar-refractivity contribution < 1.29 is 33.4 Å². The number of carboxylic acid groups (broad SMARTS) is 1. The van der Waals surface area contributed by atoms with Gasteiger partial charge < -0.3 is 14.3 Å². The van der Waals surface area contributed by atoms with E-state index in [1.54, 1.807) is 0 Å². The maximum atomic E-state index is 12.5. The van der Waals surface area contributed by atoms with Gasteiger partial charge >= 0.3 is 11.9 Å². The average molecular weight is 315 g/mol. The second kappa shape index (κ2) is 5.16. The lowest BCUT2D eigenvalue weighted by Crippen LogP contribution is -2.23. The first kappa shape index (κ1) is 14.6.